The zero-order valence-corrected chi connectivity index (χ0v) is 10.9. The molecule has 2 rings (SSSR count). The van der Waals surface area contributed by atoms with E-state index in [4.69, 9.17) is 0 Å². The van der Waals surface area contributed by atoms with E-state index >= 15 is 0 Å². The number of hydrogen-bond donors (Lipinski definition) is 2. The summed E-state index contributed by atoms with van der Waals surface area (Å²) in [6, 6.07) is 3.08. The maximum Gasteiger partial charge on any atom is 0.311 e. The van der Waals surface area contributed by atoms with Crippen molar-refractivity contribution in [3.63, 3.8) is 0 Å². The summed E-state index contributed by atoms with van der Waals surface area (Å²) in [5, 5.41) is 17.1. The minimum absolute atomic E-state index is 0.0164. The number of nitrogens with zero attached hydrogens (tertiary/aromatic N) is 2. The molecule has 1 fully saturated rings. The molecule has 0 radical (unpaired) electrons. The second-order valence-electron chi connectivity index (χ2n) is 5.19. The monoisotopic (exact) mass is 250 g/mol. The average Bonchev–Trinajstić information content (AvgIpc) is 3.11. The van der Waals surface area contributed by atoms with Crippen LogP contribution in [0, 0.1) is 16.0 Å². The van der Waals surface area contributed by atoms with Gasteiger partial charge in [-0.15, -0.1) is 0 Å². The first-order valence-electron chi connectivity index (χ1n) is 6.05. The van der Waals surface area contributed by atoms with Crippen LogP contribution >= 0.6 is 0 Å². The Morgan fingerprint density at radius 1 is 1.44 bits per heavy atom. The van der Waals surface area contributed by atoms with Crippen LogP contribution in [0.5, 0.6) is 0 Å². The summed E-state index contributed by atoms with van der Waals surface area (Å²) in [6.07, 6.45) is 2.33. The fourth-order valence-corrected chi connectivity index (χ4v) is 2.04. The molecule has 0 unspecified atom stereocenters. The van der Waals surface area contributed by atoms with E-state index in [0.717, 1.165) is 0 Å². The Labute approximate surface area is 106 Å². The van der Waals surface area contributed by atoms with Gasteiger partial charge in [0.15, 0.2) is 0 Å². The molecule has 1 aliphatic carbocycles. The van der Waals surface area contributed by atoms with Crippen molar-refractivity contribution in [2.75, 3.05) is 17.7 Å². The number of pyridine rings is 1. The maximum absolute atomic E-state index is 11.0. The van der Waals surface area contributed by atoms with Gasteiger partial charge in [0.2, 0.25) is 5.82 Å². The van der Waals surface area contributed by atoms with Gasteiger partial charge in [-0.25, -0.2) is 4.98 Å². The molecule has 1 saturated carbocycles. The minimum Gasteiger partial charge on any atom is -0.373 e. The molecule has 0 aliphatic heterocycles. The van der Waals surface area contributed by atoms with Gasteiger partial charge in [-0.2, -0.15) is 0 Å². The normalized spacial score (nSPS) is 15.3. The molecule has 0 bridgehead atoms. The standard InChI is InChI=1S/C12H18N4O2/c1-12(2,8-4-5-8)15-11-9(16(17)18)6-7-10(13-3)14-11/h6-8H,4-5H2,1-3H3,(H2,13,14,15). The van der Waals surface area contributed by atoms with Gasteiger partial charge >= 0.3 is 5.69 Å². The van der Waals surface area contributed by atoms with Crippen molar-refractivity contribution in [3.8, 4) is 0 Å². The number of anilines is 2. The number of hydrogen-bond acceptors (Lipinski definition) is 5. The van der Waals surface area contributed by atoms with Crippen LogP contribution in [0.2, 0.25) is 0 Å². The quantitative estimate of drug-likeness (QED) is 0.620. The maximum atomic E-state index is 11.0. The van der Waals surface area contributed by atoms with Crippen molar-refractivity contribution < 1.29 is 4.92 Å². The first-order chi connectivity index (χ1) is 8.44. The predicted octanol–water partition coefficient (Wildman–Crippen LogP) is 2.63. The molecule has 0 saturated heterocycles. The fraction of sp³-hybridized carbons (Fsp3) is 0.583. The summed E-state index contributed by atoms with van der Waals surface area (Å²) in [7, 11) is 1.74. The van der Waals surface area contributed by atoms with E-state index in [1.165, 1.54) is 18.9 Å². The van der Waals surface area contributed by atoms with Gasteiger partial charge < -0.3 is 10.6 Å². The van der Waals surface area contributed by atoms with Crippen LogP contribution < -0.4 is 10.6 Å². The van der Waals surface area contributed by atoms with Crippen LogP contribution in [0.15, 0.2) is 12.1 Å². The summed E-state index contributed by atoms with van der Waals surface area (Å²) >= 11 is 0. The first kappa shape index (κ1) is 12.6. The lowest BCUT2D eigenvalue weighted by Crippen LogP contribution is -2.34. The van der Waals surface area contributed by atoms with Crippen LogP contribution in [0.3, 0.4) is 0 Å². The van der Waals surface area contributed by atoms with E-state index in [-0.39, 0.29) is 11.2 Å². The number of nitro groups is 1. The van der Waals surface area contributed by atoms with Crippen molar-refractivity contribution >= 4 is 17.3 Å². The molecule has 6 heteroatoms. The Hall–Kier alpha value is -1.85. The summed E-state index contributed by atoms with van der Waals surface area (Å²) in [5.41, 5.74) is -0.146. The van der Waals surface area contributed by atoms with Crippen molar-refractivity contribution in [3.05, 3.63) is 22.2 Å². The van der Waals surface area contributed by atoms with Gasteiger partial charge in [0, 0.05) is 18.7 Å². The molecule has 0 aromatic carbocycles. The van der Waals surface area contributed by atoms with E-state index in [1.807, 2.05) is 0 Å². The van der Waals surface area contributed by atoms with Crippen molar-refractivity contribution in [1.82, 2.24) is 4.98 Å². The Balaban J connectivity index is 2.31. The molecule has 0 atom stereocenters. The van der Waals surface area contributed by atoms with Gasteiger partial charge in [-0.05, 0) is 38.7 Å². The highest BCUT2D eigenvalue weighted by molar-refractivity contribution is 5.61. The Bertz CT molecular complexity index is 469. The Morgan fingerprint density at radius 3 is 2.61 bits per heavy atom. The summed E-state index contributed by atoms with van der Waals surface area (Å²) in [5.74, 6) is 1.52. The third kappa shape index (κ3) is 2.52. The molecule has 1 aromatic heterocycles. The lowest BCUT2D eigenvalue weighted by Gasteiger charge is -2.26. The molecule has 0 spiro atoms. The second kappa shape index (κ2) is 4.44. The van der Waals surface area contributed by atoms with Crippen LogP contribution in [-0.2, 0) is 0 Å². The zero-order chi connectivity index (χ0) is 13.3. The zero-order valence-electron chi connectivity index (χ0n) is 10.9. The van der Waals surface area contributed by atoms with E-state index in [2.05, 4.69) is 29.5 Å². The van der Waals surface area contributed by atoms with E-state index in [0.29, 0.717) is 17.6 Å². The molecule has 1 aromatic rings. The number of rotatable bonds is 5. The predicted molar refractivity (Wildman–Crippen MR) is 70.9 cm³/mol. The van der Waals surface area contributed by atoms with Crippen LogP contribution in [0.4, 0.5) is 17.3 Å². The lowest BCUT2D eigenvalue weighted by molar-refractivity contribution is -0.384. The molecular formula is C12H18N4O2. The van der Waals surface area contributed by atoms with Crippen molar-refractivity contribution in [2.24, 2.45) is 5.92 Å². The van der Waals surface area contributed by atoms with Crippen molar-refractivity contribution in [1.29, 1.82) is 0 Å². The van der Waals surface area contributed by atoms with E-state index in [9.17, 15) is 10.1 Å². The molecular weight excluding hydrogens is 232 g/mol. The highest BCUT2D eigenvalue weighted by Crippen LogP contribution is 2.42. The molecule has 18 heavy (non-hydrogen) atoms. The third-order valence-electron chi connectivity index (χ3n) is 3.37. The van der Waals surface area contributed by atoms with Gasteiger partial charge in [-0.1, -0.05) is 0 Å². The molecule has 1 heterocycles. The highest BCUT2D eigenvalue weighted by Gasteiger charge is 2.39. The summed E-state index contributed by atoms with van der Waals surface area (Å²) in [4.78, 5) is 14.8. The van der Waals surface area contributed by atoms with Crippen LogP contribution in [-0.4, -0.2) is 22.5 Å². The van der Waals surface area contributed by atoms with E-state index < -0.39 is 4.92 Å². The average molecular weight is 250 g/mol. The lowest BCUT2D eigenvalue weighted by atomic mass is 9.99. The van der Waals surface area contributed by atoms with Gasteiger partial charge in [0.25, 0.3) is 0 Å². The number of nitrogens with one attached hydrogen (secondary N) is 2. The third-order valence-corrected chi connectivity index (χ3v) is 3.37. The largest absolute Gasteiger partial charge is 0.373 e. The number of aromatic nitrogens is 1. The first-order valence-corrected chi connectivity index (χ1v) is 6.05. The Morgan fingerprint density at radius 2 is 2.11 bits per heavy atom. The topological polar surface area (TPSA) is 80.1 Å². The molecule has 6 nitrogen and oxygen atoms in total. The van der Waals surface area contributed by atoms with Crippen molar-refractivity contribution in [2.45, 2.75) is 32.2 Å². The highest BCUT2D eigenvalue weighted by atomic mass is 16.6. The Kier molecular flexibility index (Phi) is 3.11. The molecule has 98 valence electrons. The summed E-state index contributed by atoms with van der Waals surface area (Å²) < 4.78 is 0. The fourth-order valence-electron chi connectivity index (χ4n) is 2.04. The van der Waals surface area contributed by atoms with Gasteiger partial charge in [0.1, 0.15) is 5.82 Å². The SMILES string of the molecule is CNc1ccc([N+](=O)[O-])c(NC(C)(C)C2CC2)n1. The van der Waals surface area contributed by atoms with Gasteiger partial charge in [0.05, 0.1) is 4.92 Å². The van der Waals surface area contributed by atoms with Crippen LogP contribution in [0.25, 0.3) is 0 Å². The van der Waals surface area contributed by atoms with Gasteiger partial charge in [-0.3, -0.25) is 10.1 Å². The minimum atomic E-state index is -0.405. The molecule has 1 aliphatic rings. The summed E-state index contributed by atoms with van der Waals surface area (Å²) in [6.45, 7) is 4.12. The molecule has 0 amide bonds. The smallest absolute Gasteiger partial charge is 0.311 e. The molecule has 2 N–H and O–H groups in total. The van der Waals surface area contributed by atoms with Crippen LogP contribution in [0.1, 0.15) is 26.7 Å². The second-order valence-corrected chi connectivity index (χ2v) is 5.19. The van der Waals surface area contributed by atoms with E-state index in [1.54, 1.807) is 13.1 Å².